The van der Waals surface area contributed by atoms with E-state index in [2.05, 4.69) is 22.3 Å². The van der Waals surface area contributed by atoms with Crippen molar-refractivity contribution in [2.75, 3.05) is 5.43 Å². The zero-order chi connectivity index (χ0) is 13.2. The number of aromatic nitrogens is 2. The monoisotopic (exact) mass is 278 g/mol. The molecule has 2 heterocycles. The molecule has 2 aromatic rings. The number of hydrogen-bond donors (Lipinski definition) is 2. The summed E-state index contributed by atoms with van der Waals surface area (Å²) < 4.78 is 6.08. The van der Waals surface area contributed by atoms with Crippen LogP contribution in [0.25, 0.3) is 10.2 Å². The first-order valence-corrected chi connectivity index (χ1v) is 7.52. The molecule has 0 unspecified atom stereocenters. The maximum absolute atomic E-state index is 6.08. The number of hydrazine groups is 1. The van der Waals surface area contributed by atoms with Gasteiger partial charge in [0.1, 0.15) is 10.9 Å². The minimum atomic E-state index is 0.264. The molecular weight excluding hydrogens is 260 g/mol. The van der Waals surface area contributed by atoms with Gasteiger partial charge in [0.15, 0.2) is 0 Å². The third-order valence-electron chi connectivity index (χ3n) is 3.66. The molecule has 0 saturated heterocycles. The molecule has 6 heteroatoms. The molecule has 1 saturated carbocycles. The zero-order valence-electron chi connectivity index (χ0n) is 10.9. The largest absolute Gasteiger partial charge is 0.474 e. The minimum absolute atomic E-state index is 0.264. The summed E-state index contributed by atoms with van der Waals surface area (Å²) in [6, 6.07) is 2.00. The first-order chi connectivity index (χ1) is 9.26. The van der Waals surface area contributed by atoms with E-state index in [1.165, 1.54) is 12.8 Å². The molecule has 5 nitrogen and oxygen atoms in total. The quantitative estimate of drug-likeness (QED) is 0.667. The Hall–Kier alpha value is -1.40. The maximum Gasteiger partial charge on any atom is 0.241 e. The van der Waals surface area contributed by atoms with Gasteiger partial charge in [0, 0.05) is 0 Å². The Labute approximate surface area is 116 Å². The molecule has 0 bridgehead atoms. The van der Waals surface area contributed by atoms with Crippen LogP contribution < -0.4 is 16.0 Å². The van der Waals surface area contributed by atoms with Crippen LogP contribution in [-0.4, -0.2) is 16.1 Å². The molecule has 0 aromatic carbocycles. The fourth-order valence-corrected chi connectivity index (χ4v) is 3.24. The van der Waals surface area contributed by atoms with E-state index in [4.69, 9.17) is 10.6 Å². The van der Waals surface area contributed by atoms with E-state index < -0.39 is 0 Å². The molecule has 102 valence electrons. The van der Waals surface area contributed by atoms with Gasteiger partial charge in [-0.3, -0.25) is 5.43 Å². The zero-order valence-corrected chi connectivity index (χ0v) is 11.7. The lowest BCUT2D eigenvalue weighted by atomic mass is 9.89. The van der Waals surface area contributed by atoms with Crippen LogP contribution in [0, 0.1) is 5.92 Å². The SMILES string of the molecule is CC1CCC(Oc2nc(NN)nc3sccc23)CC1. The summed E-state index contributed by atoms with van der Waals surface area (Å²) in [6.07, 6.45) is 4.92. The molecule has 0 aliphatic heterocycles. The van der Waals surface area contributed by atoms with Crippen molar-refractivity contribution < 1.29 is 4.74 Å². The van der Waals surface area contributed by atoms with Crippen LogP contribution in [0.15, 0.2) is 11.4 Å². The fourth-order valence-electron chi connectivity index (χ4n) is 2.49. The van der Waals surface area contributed by atoms with Gasteiger partial charge in [-0.1, -0.05) is 6.92 Å². The second-order valence-electron chi connectivity index (χ2n) is 5.14. The van der Waals surface area contributed by atoms with Gasteiger partial charge in [-0.25, -0.2) is 10.8 Å². The number of nitrogen functional groups attached to an aromatic ring is 1. The lowest BCUT2D eigenvalue weighted by Crippen LogP contribution is -2.23. The van der Waals surface area contributed by atoms with Gasteiger partial charge < -0.3 is 4.74 Å². The normalized spacial score (nSPS) is 23.5. The highest BCUT2D eigenvalue weighted by Gasteiger charge is 2.21. The summed E-state index contributed by atoms with van der Waals surface area (Å²) in [7, 11) is 0. The molecule has 0 radical (unpaired) electrons. The average Bonchev–Trinajstić information content (AvgIpc) is 2.89. The van der Waals surface area contributed by atoms with E-state index >= 15 is 0 Å². The van der Waals surface area contributed by atoms with E-state index in [1.807, 2.05) is 11.4 Å². The molecule has 0 amide bonds. The van der Waals surface area contributed by atoms with Crippen molar-refractivity contribution in [1.29, 1.82) is 0 Å². The molecular formula is C13H18N4OS. The number of nitrogens with two attached hydrogens (primary N) is 1. The highest BCUT2D eigenvalue weighted by atomic mass is 32.1. The van der Waals surface area contributed by atoms with Crippen molar-refractivity contribution >= 4 is 27.5 Å². The average molecular weight is 278 g/mol. The van der Waals surface area contributed by atoms with Gasteiger partial charge in [-0.05, 0) is 43.0 Å². The Bertz CT molecular complexity index is 563. The highest BCUT2D eigenvalue weighted by molar-refractivity contribution is 7.16. The van der Waals surface area contributed by atoms with Crippen molar-refractivity contribution in [2.45, 2.75) is 38.7 Å². The van der Waals surface area contributed by atoms with Crippen LogP contribution in [0.1, 0.15) is 32.6 Å². The van der Waals surface area contributed by atoms with Gasteiger partial charge >= 0.3 is 0 Å². The van der Waals surface area contributed by atoms with Crippen LogP contribution >= 0.6 is 11.3 Å². The number of hydrogen-bond acceptors (Lipinski definition) is 6. The van der Waals surface area contributed by atoms with Gasteiger partial charge in [-0.2, -0.15) is 4.98 Å². The Kier molecular flexibility index (Phi) is 3.52. The number of fused-ring (bicyclic) bond motifs is 1. The van der Waals surface area contributed by atoms with Crippen LogP contribution in [0.5, 0.6) is 5.88 Å². The summed E-state index contributed by atoms with van der Waals surface area (Å²) in [5, 5.41) is 2.97. The Morgan fingerprint density at radius 1 is 1.32 bits per heavy atom. The van der Waals surface area contributed by atoms with Gasteiger partial charge in [0.25, 0.3) is 0 Å². The van der Waals surface area contributed by atoms with Gasteiger partial charge in [0.05, 0.1) is 5.39 Å². The van der Waals surface area contributed by atoms with E-state index in [-0.39, 0.29) is 6.10 Å². The molecule has 2 aromatic heterocycles. The second kappa shape index (κ2) is 5.30. The predicted molar refractivity (Wildman–Crippen MR) is 77.3 cm³/mol. The molecule has 3 N–H and O–H groups in total. The Balaban J connectivity index is 1.85. The summed E-state index contributed by atoms with van der Waals surface area (Å²) in [4.78, 5) is 9.56. The maximum atomic E-state index is 6.08. The lowest BCUT2D eigenvalue weighted by Gasteiger charge is -2.26. The summed E-state index contributed by atoms with van der Waals surface area (Å²) in [6.45, 7) is 2.30. The van der Waals surface area contributed by atoms with Crippen LogP contribution in [0.2, 0.25) is 0 Å². The topological polar surface area (TPSA) is 73.1 Å². The summed E-state index contributed by atoms with van der Waals surface area (Å²) in [5.41, 5.74) is 2.50. The first kappa shape index (κ1) is 12.6. The number of thiophene rings is 1. The molecule has 0 atom stereocenters. The molecule has 3 rings (SSSR count). The van der Waals surface area contributed by atoms with E-state index in [0.717, 1.165) is 29.0 Å². The first-order valence-electron chi connectivity index (χ1n) is 6.65. The van der Waals surface area contributed by atoms with Crippen LogP contribution in [0.3, 0.4) is 0 Å². The van der Waals surface area contributed by atoms with E-state index in [9.17, 15) is 0 Å². The smallest absolute Gasteiger partial charge is 0.241 e. The number of anilines is 1. The van der Waals surface area contributed by atoms with Gasteiger partial charge in [0.2, 0.25) is 11.8 Å². The molecule has 1 fully saturated rings. The lowest BCUT2D eigenvalue weighted by molar-refractivity contribution is 0.132. The van der Waals surface area contributed by atoms with Crippen molar-refractivity contribution in [3.8, 4) is 5.88 Å². The number of rotatable bonds is 3. The van der Waals surface area contributed by atoms with Crippen molar-refractivity contribution in [3.63, 3.8) is 0 Å². The van der Waals surface area contributed by atoms with Crippen LogP contribution in [0.4, 0.5) is 5.95 Å². The number of nitrogens with one attached hydrogen (secondary N) is 1. The standard InChI is InChI=1S/C13H18N4OS/c1-8-2-4-9(5-3-8)18-11-10-6-7-19-12(10)16-13(15-11)17-14/h6-9H,2-5,14H2,1H3,(H,15,16,17). The summed E-state index contributed by atoms with van der Waals surface area (Å²) in [5.74, 6) is 7.28. The number of ether oxygens (including phenoxy) is 1. The molecule has 1 aliphatic carbocycles. The highest BCUT2D eigenvalue weighted by Crippen LogP contribution is 2.32. The van der Waals surface area contributed by atoms with Crippen molar-refractivity contribution in [1.82, 2.24) is 9.97 Å². The van der Waals surface area contributed by atoms with E-state index in [1.54, 1.807) is 11.3 Å². The molecule has 1 aliphatic rings. The predicted octanol–water partition coefficient (Wildman–Crippen LogP) is 2.93. The molecule has 0 spiro atoms. The van der Waals surface area contributed by atoms with Gasteiger partial charge in [-0.15, -0.1) is 11.3 Å². The Morgan fingerprint density at radius 2 is 2.11 bits per heavy atom. The second-order valence-corrected chi connectivity index (χ2v) is 6.03. The van der Waals surface area contributed by atoms with Crippen molar-refractivity contribution in [3.05, 3.63) is 11.4 Å². The third kappa shape index (κ3) is 2.64. The van der Waals surface area contributed by atoms with Crippen molar-refractivity contribution in [2.24, 2.45) is 11.8 Å². The van der Waals surface area contributed by atoms with E-state index in [0.29, 0.717) is 11.8 Å². The number of nitrogens with zero attached hydrogens (tertiary/aromatic N) is 2. The minimum Gasteiger partial charge on any atom is -0.474 e. The Morgan fingerprint density at radius 3 is 2.84 bits per heavy atom. The summed E-state index contributed by atoms with van der Waals surface area (Å²) >= 11 is 1.57. The fraction of sp³-hybridized carbons (Fsp3) is 0.538. The third-order valence-corrected chi connectivity index (χ3v) is 4.47. The van der Waals surface area contributed by atoms with Crippen LogP contribution in [-0.2, 0) is 0 Å². The molecule has 19 heavy (non-hydrogen) atoms.